The van der Waals surface area contributed by atoms with Crippen LogP contribution in [0, 0.1) is 5.82 Å². The minimum absolute atomic E-state index is 0.0338. The van der Waals surface area contributed by atoms with Crippen LogP contribution in [-0.4, -0.2) is 28.4 Å². The second-order valence-corrected chi connectivity index (χ2v) is 4.24. The molecule has 2 heterocycles. The van der Waals surface area contributed by atoms with Crippen molar-refractivity contribution in [1.29, 1.82) is 0 Å². The van der Waals surface area contributed by atoms with Crippen molar-refractivity contribution in [3.8, 4) is 0 Å². The second kappa shape index (κ2) is 4.29. The number of fused-ring (bicyclic) bond motifs is 1. The Bertz CT molecular complexity index is 565. The van der Waals surface area contributed by atoms with Gasteiger partial charge in [-0.1, -0.05) is 12.1 Å². The van der Waals surface area contributed by atoms with Gasteiger partial charge in [0.2, 0.25) is 11.9 Å². The monoisotopic (exact) mass is 247 g/mol. The summed E-state index contributed by atoms with van der Waals surface area (Å²) in [5, 5.41) is 10.5. The highest BCUT2D eigenvalue weighted by Gasteiger charge is 2.24. The van der Waals surface area contributed by atoms with E-state index in [4.69, 9.17) is 0 Å². The third-order valence-electron chi connectivity index (χ3n) is 3.08. The molecule has 0 bridgehead atoms. The van der Waals surface area contributed by atoms with Crippen molar-refractivity contribution in [3.63, 3.8) is 0 Å². The SMILES string of the molecule is CNc1nc2n(n1)C(c1cccc(F)c1)CCN2. The van der Waals surface area contributed by atoms with Gasteiger partial charge >= 0.3 is 0 Å². The number of hydrogen-bond acceptors (Lipinski definition) is 4. The normalized spacial score (nSPS) is 18.0. The van der Waals surface area contributed by atoms with E-state index in [1.807, 2.05) is 10.7 Å². The molecular weight excluding hydrogens is 233 g/mol. The summed E-state index contributed by atoms with van der Waals surface area (Å²) >= 11 is 0. The van der Waals surface area contributed by atoms with Crippen LogP contribution in [0.15, 0.2) is 24.3 Å². The number of nitrogens with one attached hydrogen (secondary N) is 2. The van der Waals surface area contributed by atoms with Crippen molar-refractivity contribution in [2.24, 2.45) is 0 Å². The first-order valence-electron chi connectivity index (χ1n) is 5.91. The number of aromatic nitrogens is 3. The zero-order valence-electron chi connectivity index (χ0n) is 10.0. The lowest BCUT2D eigenvalue weighted by molar-refractivity contribution is 0.478. The Hall–Kier alpha value is -2.11. The summed E-state index contributed by atoms with van der Waals surface area (Å²) in [5.74, 6) is 1.07. The highest BCUT2D eigenvalue weighted by Crippen LogP contribution is 2.29. The minimum Gasteiger partial charge on any atom is -0.356 e. The van der Waals surface area contributed by atoms with Gasteiger partial charge in [-0.3, -0.25) is 0 Å². The molecule has 1 atom stereocenters. The number of nitrogens with zero attached hydrogens (tertiary/aromatic N) is 3. The number of rotatable bonds is 2. The molecule has 0 fully saturated rings. The molecule has 1 unspecified atom stereocenters. The van der Waals surface area contributed by atoms with E-state index >= 15 is 0 Å². The van der Waals surface area contributed by atoms with Crippen molar-refractivity contribution in [3.05, 3.63) is 35.6 Å². The highest BCUT2D eigenvalue weighted by molar-refractivity contribution is 5.38. The largest absolute Gasteiger partial charge is 0.356 e. The van der Waals surface area contributed by atoms with Gasteiger partial charge in [0.15, 0.2) is 0 Å². The average molecular weight is 247 g/mol. The number of halogens is 1. The van der Waals surface area contributed by atoms with E-state index in [0.717, 1.165) is 24.5 Å². The van der Waals surface area contributed by atoms with Crippen molar-refractivity contribution in [1.82, 2.24) is 14.8 Å². The molecule has 0 spiro atoms. The smallest absolute Gasteiger partial charge is 0.243 e. The topological polar surface area (TPSA) is 54.8 Å². The summed E-state index contributed by atoms with van der Waals surface area (Å²) in [7, 11) is 1.78. The molecule has 94 valence electrons. The van der Waals surface area contributed by atoms with Gasteiger partial charge in [0, 0.05) is 13.6 Å². The Morgan fingerprint density at radius 2 is 2.39 bits per heavy atom. The molecule has 3 rings (SSSR count). The molecule has 0 saturated carbocycles. The molecule has 1 aliphatic heterocycles. The van der Waals surface area contributed by atoms with E-state index in [2.05, 4.69) is 20.7 Å². The third kappa shape index (κ3) is 1.79. The Morgan fingerprint density at radius 1 is 1.50 bits per heavy atom. The predicted molar refractivity (Wildman–Crippen MR) is 67.2 cm³/mol. The van der Waals surface area contributed by atoms with Crippen molar-refractivity contribution < 1.29 is 4.39 Å². The number of hydrogen-bond donors (Lipinski definition) is 2. The van der Waals surface area contributed by atoms with Crippen molar-refractivity contribution in [2.75, 3.05) is 24.2 Å². The summed E-state index contributed by atoms with van der Waals surface area (Å²) in [6.07, 6.45) is 0.864. The maximum absolute atomic E-state index is 13.3. The maximum atomic E-state index is 13.3. The van der Waals surface area contributed by atoms with Gasteiger partial charge in [-0.05, 0) is 24.1 Å². The van der Waals surface area contributed by atoms with E-state index in [-0.39, 0.29) is 11.9 Å². The minimum atomic E-state index is -0.221. The molecule has 0 aliphatic carbocycles. The van der Waals surface area contributed by atoms with Crippen LogP contribution in [0.25, 0.3) is 0 Å². The van der Waals surface area contributed by atoms with E-state index in [1.54, 1.807) is 19.2 Å². The molecule has 2 aromatic rings. The molecule has 2 N–H and O–H groups in total. The van der Waals surface area contributed by atoms with E-state index in [1.165, 1.54) is 6.07 Å². The van der Waals surface area contributed by atoms with Crippen LogP contribution in [0.3, 0.4) is 0 Å². The summed E-state index contributed by atoms with van der Waals surface area (Å²) in [6, 6.07) is 6.68. The fourth-order valence-electron chi connectivity index (χ4n) is 2.23. The third-order valence-corrected chi connectivity index (χ3v) is 3.08. The lowest BCUT2D eigenvalue weighted by Gasteiger charge is -2.24. The molecule has 0 saturated heterocycles. The van der Waals surface area contributed by atoms with Crippen LogP contribution in [0.1, 0.15) is 18.0 Å². The molecule has 0 amide bonds. The average Bonchev–Trinajstić information content (AvgIpc) is 2.81. The van der Waals surface area contributed by atoms with Crippen LogP contribution in [0.4, 0.5) is 16.3 Å². The summed E-state index contributed by atoms with van der Waals surface area (Å²) in [6.45, 7) is 0.809. The van der Waals surface area contributed by atoms with E-state index < -0.39 is 0 Å². The second-order valence-electron chi connectivity index (χ2n) is 4.24. The van der Waals surface area contributed by atoms with Gasteiger partial charge in [-0.2, -0.15) is 4.98 Å². The van der Waals surface area contributed by atoms with Crippen LogP contribution < -0.4 is 10.6 Å². The number of benzene rings is 1. The highest BCUT2D eigenvalue weighted by atomic mass is 19.1. The Morgan fingerprint density at radius 3 is 3.17 bits per heavy atom. The van der Waals surface area contributed by atoms with Crippen molar-refractivity contribution >= 4 is 11.9 Å². The van der Waals surface area contributed by atoms with Crippen LogP contribution in [0.5, 0.6) is 0 Å². The standard InChI is InChI=1S/C12H14FN5/c1-14-11-16-12-15-6-5-10(18(12)17-11)8-3-2-4-9(13)7-8/h2-4,7,10H,5-6H2,1H3,(H2,14,15,16,17). The molecule has 1 aromatic heterocycles. The van der Waals surface area contributed by atoms with Gasteiger partial charge in [-0.25, -0.2) is 9.07 Å². The molecule has 6 heteroatoms. The molecular formula is C12H14FN5. The first kappa shape index (κ1) is 11.0. The molecule has 5 nitrogen and oxygen atoms in total. The van der Waals surface area contributed by atoms with E-state index in [0.29, 0.717) is 5.95 Å². The molecule has 1 aromatic carbocycles. The molecule has 18 heavy (non-hydrogen) atoms. The zero-order chi connectivity index (χ0) is 12.5. The van der Waals surface area contributed by atoms with Crippen molar-refractivity contribution in [2.45, 2.75) is 12.5 Å². The quantitative estimate of drug-likeness (QED) is 0.850. The number of anilines is 2. The van der Waals surface area contributed by atoms with Crippen LogP contribution in [0.2, 0.25) is 0 Å². The summed E-state index contributed by atoms with van der Waals surface area (Å²) in [4.78, 5) is 4.30. The van der Waals surface area contributed by atoms with Crippen LogP contribution >= 0.6 is 0 Å². The lowest BCUT2D eigenvalue weighted by atomic mass is 10.0. The van der Waals surface area contributed by atoms with Gasteiger partial charge in [0.25, 0.3) is 0 Å². The predicted octanol–water partition coefficient (Wildman–Crippen LogP) is 1.86. The van der Waals surface area contributed by atoms with Crippen LogP contribution in [-0.2, 0) is 0 Å². The van der Waals surface area contributed by atoms with Gasteiger partial charge in [-0.15, -0.1) is 5.10 Å². The zero-order valence-corrected chi connectivity index (χ0v) is 10.0. The Balaban J connectivity index is 2.02. The Kier molecular flexibility index (Phi) is 2.62. The van der Waals surface area contributed by atoms with E-state index in [9.17, 15) is 4.39 Å². The Labute approximate surface area is 104 Å². The lowest BCUT2D eigenvalue weighted by Crippen LogP contribution is -2.24. The fourth-order valence-corrected chi connectivity index (χ4v) is 2.23. The summed E-state index contributed by atoms with van der Waals surface area (Å²) < 4.78 is 15.1. The maximum Gasteiger partial charge on any atom is 0.243 e. The first-order valence-corrected chi connectivity index (χ1v) is 5.91. The molecule has 0 radical (unpaired) electrons. The van der Waals surface area contributed by atoms with Gasteiger partial charge in [0.05, 0.1) is 6.04 Å². The van der Waals surface area contributed by atoms with Gasteiger partial charge < -0.3 is 10.6 Å². The summed E-state index contributed by atoms with van der Waals surface area (Å²) in [5.41, 5.74) is 0.922. The fraction of sp³-hybridized carbons (Fsp3) is 0.333. The van der Waals surface area contributed by atoms with Gasteiger partial charge in [0.1, 0.15) is 5.82 Å². The molecule has 1 aliphatic rings. The first-order chi connectivity index (χ1) is 8.78.